The molecule has 2 aromatic heterocycles. The van der Waals surface area contributed by atoms with Crippen molar-refractivity contribution in [1.82, 2.24) is 24.9 Å². The second-order valence-corrected chi connectivity index (χ2v) is 8.29. The number of ether oxygens (including phenoxy) is 1. The van der Waals surface area contributed by atoms with Crippen molar-refractivity contribution in [2.75, 3.05) is 6.54 Å². The minimum atomic E-state index is -4.49. The van der Waals surface area contributed by atoms with Crippen LogP contribution in [0.15, 0.2) is 48.9 Å². The van der Waals surface area contributed by atoms with Gasteiger partial charge in [-0.3, -0.25) is 4.79 Å². The van der Waals surface area contributed by atoms with Gasteiger partial charge in [-0.25, -0.2) is 9.37 Å². The Morgan fingerprint density at radius 3 is 2.56 bits per heavy atom. The van der Waals surface area contributed by atoms with E-state index in [-0.39, 0.29) is 23.4 Å². The zero-order valence-electron chi connectivity index (χ0n) is 18.5. The van der Waals surface area contributed by atoms with Gasteiger partial charge in [-0.1, -0.05) is 13.8 Å². The number of carbonyl (C=O) groups excluding carboxylic acids is 1. The smallest absolute Gasteiger partial charge is 0.417 e. The van der Waals surface area contributed by atoms with Gasteiger partial charge in [0, 0.05) is 18.8 Å². The SMILES string of the molecule is CCC(Oc1ccc(C(F)(F)F)cn1)C1CC(C)CN1C(=O)c1cc(F)ccc1-n1nccn1. The molecule has 3 atom stereocenters. The maximum Gasteiger partial charge on any atom is 0.417 e. The first-order chi connectivity index (χ1) is 16.2. The maximum absolute atomic E-state index is 14.1. The summed E-state index contributed by atoms with van der Waals surface area (Å²) in [5.41, 5.74) is -0.420. The standard InChI is InChI=1S/C23H23F4N5O2/c1-3-20(34-21-7-4-15(12-28-21)23(25,26)27)19-10-14(2)13-31(19)22(33)17-11-16(24)5-6-18(17)32-29-8-9-30-32/h4-9,11-12,14,19-20H,3,10,13H2,1-2H3. The Balaban J connectivity index is 1.60. The van der Waals surface area contributed by atoms with E-state index in [4.69, 9.17) is 4.74 Å². The lowest BCUT2D eigenvalue weighted by Crippen LogP contribution is -2.45. The number of pyridine rings is 1. The van der Waals surface area contributed by atoms with Crippen LogP contribution in [0.5, 0.6) is 5.88 Å². The third-order valence-electron chi connectivity index (χ3n) is 5.80. The zero-order chi connectivity index (χ0) is 24.5. The molecule has 0 aliphatic carbocycles. The minimum absolute atomic E-state index is 0.0407. The summed E-state index contributed by atoms with van der Waals surface area (Å²) in [6, 6.07) is 5.53. The molecule has 1 saturated heterocycles. The molecule has 1 fully saturated rings. The highest BCUT2D eigenvalue weighted by Gasteiger charge is 2.40. The normalized spacial score (nSPS) is 19.3. The number of aromatic nitrogens is 4. The van der Waals surface area contributed by atoms with Crippen LogP contribution in [0.25, 0.3) is 5.69 Å². The lowest BCUT2D eigenvalue weighted by Gasteiger charge is -2.31. The molecule has 0 radical (unpaired) electrons. The van der Waals surface area contributed by atoms with Crippen LogP contribution in [0.4, 0.5) is 17.6 Å². The molecule has 3 aromatic rings. The number of halogens is 4. The summed E-state index contributed by atoms with van der Waals surface area (Å²) in [7, 11) is 0. The van der Waals surface area contributed by atoms with E-state index < -0.39 is 29.6 Å². The van der Waals surface area contributed by atoms with Crippen molar-refractivity contribution in [3.05, 3.63) is 65.9 Å². The number of hydrogen-bond donors (Lipinski definition) is 0. The highest BCUT2D eigenvalue weighted by Crippen LogP contribution is 2.32. The fourth-order valence-electron chi connectivity index (χ4n) is 4.23. The second-order valence-electron chi connectivity index (χ2n) is 8.29. The quantitative estimate of drug-likeness (QED) is 0.488. The molecule has 1 aliphatic heterocycles. The van der Waals surface area contributed by atoms with Gasteiger partial charge in [0.05, 0.1) is 35.2 Å². The van der Waals surface area contributed by atoms with Gasteiger partial charge in [0.1, 0.15) is 11.9 Å². The molecule has 180 valence electrons. The van der Waals surface area contributed by atoms with Crippen LogP contribution in [0.2, 0.25) is 0 Å². The third-order valence-corrected chi connectivity index (χ3v) is 5.80. The molecule has 1 aromatic carbocycles. The first kappa shape index (κ1) is 23.7. The van der Waals surface area contributed by atoms with E-state index in [0.717, 1.165) is 18.3 Å². The molecule has 11 heteroatoms. The number of alkyl halides is 3. The topological polar surface area (TPSA) is 73.1 Å². The van der Waals surface area contributed by atoms with Gasteiger partial charge in [0.2, 0.25) is 5.88 Å². The first-order valence-corrected chi connectivity index (χ1v) is 10.8. The highest BCUT2D eigenvalue weighted by molar-refractivity contribution is 5.98. The van der Waals surface area contributed by atoms with Crippen molar-refractivity contribution >= 4 is 5.91 Å². The van der Waals surface area contributed by atoms with Gasteiger partial charge in [-0.2, -0.15) is 28.2 Å². The summed E-state index contributed by atoms with van der Waals surface area (Å²) in [4.78, 5) is 20.3. The van der Waals surface area contributed by atoms with Crippen molar-refractivity contribution in [2.45, 2.75) is 45.0 Å². The Bertz CT molecular complexity index is 1140. The van der Waals surface area contributed by atoms with Crippen molar-refractivity contribution in [3.8, 4) is 11.6 Å². The van der Waals surface area contributed by atoms with Gasteiger partial charge < -0.3 is 9.64 Å². The molecule has 4 rings (SSSR count). The predicted molar refractivity (Wildman–Crippen MR) is 114 cm³/mol. The summed E-state index contributed by atoms with van der Waals surface area (Å²) >= 11 is 0. The number of carbonyl (C=O) groups is 1. The van der Waals surface area contributed by atoms with Crippen LogP contribution in [0, 0.1) is 11.7 Å². The molecule has 1 aliphatic rings. The van der Waals surface area contributed by atoms with Crippen LogP contribution in [-0.4, -0.2) is 49.5 Å². The first-order valence-electron chi connectivity index (χ1n) is 10.8. The fraction of sp³-hybridized carbons (Fsp3) is 0.391. The average Bonchev–Trinajstić information content (AvgIpc) is 3.46. The van der Waals surface area contributed by atoms with Gasteiger partial charge in [0.25, 0.3) is 5.91 Å². The van der Waals surface area contributed by atoms with Gasteiger partial charge >= 0.3 is 6.18 Å². The largest absolute Gasteiger partial charge is 0.472 e. The molecule has 0 spiro atoms. The maximum atomic E-state index is 14.1. The molecule has 1 amide bonds. The summed E-state index contributed by atoms with van der Waals surface area (Å²) in [5, 5.41) is 8.10. The van der Waals surface area contributed by atoms with Gasteiger partial charge in [-0.05, 0) is 43.0 Å². The fourth-order valence-corrected chi connectivity index (χ4v) is 4.23. The highest BCUT2D eigenvalue weighted by atomic mass is 19.4. The van der Waals surface area contributed by atoms with E-state index in [9.17, 15) is 22.4 Å². The molecule has 0 saturated carbocycles. The summed E-state index contributed by atoms with van der Waals surface area (Å²) in [6.07, 6.45) is -0.273. The number of likely N-dealkylation sites (tertiary alicyclic amines) is 1. The lowest BCUT2D eigenvalue weighted by atomic mass is 10.0. The molecule has 7 nitrogen and oxygen atoms in total. The van der Waals surface area contributed by atoms with E-state index in [1.54, 1.807) is 4.90 Å². The molecular formula is C23H23F4N5O2. The number of nitrogens with zero attached hydrogens (tertiary/aromatic N) is 5. The average molecular weight is 477 g/mol. The molecule has 34 heavy (non-hydrogen) atoms. The van der Waals surface area contributed by atoms with Crippen LogP contribution >= 0.6 is 0 Å². The van der Waals surface area contributed by atoms with E-state index in [1.165, 1.54) is 35.4 Å². The minimum Gasteiger partial charge on any atom is -0.472 e. The molecule has 3 unspecified atom stereocenters. The van der Waals surface area contributed by atoms with E-state index in [0.29, 0.717) is 25.1 Å². The molecule has 3 heterocycles. The van der Waals surface area contributed by atoms with E-state index in [1.807, 2.05) is 13.8 Å². The Morgan fingerprint density at radius 1 is 1.21 bits per heavy atom. The van der Waals surface area contributed by atoms with Crippen LogP contribution < -0.4 is 4.74 Å². The number of rotatable bonds is 6. The van der Waals surface area contributed by atoms with Crippen molar-refractivity contribution in [3.63, 3.8) is 0 Å². The molecule has 0 N–H and O–H groups in total. The summed E-state index contributed by atoms with van der Waals surface area (Å²) < 4.78 is 58.6. The van der Waals surface area contributed by atoms with E-state index in [2.05, 4.69) is 15.2 Å². The Kier molecular flexibility index (Phi) is 6.54. The Morgan fingerprint density at radius 2 is 1.94 bits per heavy atom. The van der Waals surface area contributed by atoms with Gasteiger partial charge in [0.15, 0.2) is 0 Å². The van der Waals surface area contributed by atoms with Crippen LogP contribution in [0.3, 0.4) is 0 Å². The molecular weight excluding hydrogens is 454 g/mol. The number of benzene rings is 1. The van der Waals surface area contributed by atoms with Crippen molar-refractivity contribution < 1.29 is 27.1 Å². The van der Waals surface area contributed by atoms with Crippen LogP contribution in [0.1, 0.15) is 42.6 Å². The number of hydrogen-bond acceptors (Lipinski definition) is 5. The van der Waals surface area contributed by atoms with Gasteiger partial charge in [-0.15, -0.1) is 0 Å². The predicted octanol–water partition coefficient (Wildman–Crippen LogP) is 4.53. The monoisotopic (exact) mass is 477 g/mol. The second kappa shape index (κ2) is 9.40. The van der Waals surface area contributed by atoms with Crippen molar-refractivity contribution in [1.29, 1.82) is 0 Å². The van der Waals surface area contributed by atoms with Crippen molar-refractivity contribution in [2.24, 2.45) is 5.92 Å². The molecule has 0 bridgehead atoms. The van der Waals surface area contributed by atoms with Crippen LogP contribution in [-0.2, 0) is 6.18 Å². The lowest BCUT2D eigenvalue weighted by molar-refractivity contribution is -0.137. The summed E-state index contributed by atoms with van der Waals surface area (Å²) in [6.45, 7) is 4.28. The summed E-state index contributed by atoms with van der Waals surface area (Å²) in [5.74, 6) is -0.783. The Hall–Kier alpha value is -3.50. The Labute approximate surface area is 193 Å². The zero-order valence-corrected chi connectivity index (χ0v) is 18.5. The van der Waals surface area contributed by atoms with E-state index >= 15 is 0 Å². The third kappa shape index (κ3) is 4.87. The number of amides is 1.